The predicted molar refractivity (Wildman–Crippen MR) is 371 cm³/mol. The summed E-state index contributed by atoms with van der Waals surface area (Å²) in [6.45, 7) is 6.59. The molecule has 0 bridgehead atoms. The van der Waals surface area contributed by atoms with E-state index in [9.17, 15) is 19.0 Å². The van der Waals surface area contributed by atoms with Crippen molar-refractivity contribution in [3.8, 4) is 0 Å². The summed E-state index contributed by atoms with van der Waals surface area (Å²) in [5.74, 6) is -0.580. The number of hydrogen-bond acceptors (Lipinski definition) is 7. The highest BCUT2D eigenvalue weighted by Gasteiger charge is 2.27. The van der Waals surface area contributed by atoms with Crippen LogP contribution in [0.25, 0.3) is 0 Å². The fourth-order valence-electron chi connectivity index (χ4n) is 9.26. The average Bonchev–Trinajstić information content (AvgIpc) is 3.67. The van der Waals surface area contributed by atoms with Crippen LogP contribution in [0.1, 0.15) is 271 Å². The Bertz CT molecular complexity index is 1980. The van der Waals surface area contributed by atoms with Crippen LogP contribution in [0.4, 0.5) is 0 Å². The molecule has 0 aliphatic rings. The Morgan fingerprint density at radius 1 is 0.419 bits per heavy atom. The second-order valence-corrected chi connectivity index (χ2v) is 25.3. The molecule has 0 spiro atoms. The van der Waals surface area contributed by atoms with Crippen molar-refractivity contribution in [2.45, 2.75) is 283 Å². The van der Waals surface area contributed by atoms with Crippen molar-refractivity contribution in [3.05, 3.63) is 146 Å². The summed E-state index contributed by atoms with van der Waals surface area (Å²) in [6.07, 6.45) is 92.5. The number of phosphoric ester groups is 1. The quantitative estimate of drug-likeness (QED) is 0.0212. The van der Waals surface area contributed by atoms with Gasteiger partial charge in [0.25, 0.3) is 7.82 Å². The summed E-state index contributed by atoms with van der Waals surface area (Å²) < 4.78 is 30.4. The lowest BCUT2D eigenvalue weighted by atomic mass is 10.0. The van der Waals surface area contributed by atoms with Gasteiger partial charge in [0.05, 0.1) is 33.8 Å². The van der Waals surface area contributed by atoms with Gasteiger partial charge in [-0.1, -0.05) is 276 Å². The minimum Gasteiger partial charge on any atom is -0.756 e. The maximum atomic E-state index is 13.6. The van der Waals surface area contributed by atoms with Crippen LogP contribution in [-0.2, 0) is 27.9 Å². The number of likely N-dealkylation sites (N-methyl/N-ethyl adjacent to an activating group) is 1. The topological polar surface area (TPSA) is 114 Å². The molecule has 9 nitrogen and oxygen atoms in total. The van der Waals surface area contributed by atoms with E-state index in [2.05, 4.69) is 160 Å². The fourth-order valence-corrected chi connectivity index (χ4v) is 9.98. The van der Waals surface area contributed by atoms with E-state index in [-0.39, 0.29) is 24.9 Å². The van der Waals surface area contributed by atoms with E-state index >= 15 is 0 Å². The van der Waals surface area contributed by atoms with Crippen molar-refractivity contribution in [3.63, 3.8) is 0 Å². The number of nitrogens with zero attached hydrogens (tertiary/aromatic N) is 1. The molecule has 10 heteroatoms. The Kier molecular flexibility index (Phi) is 60.8. The van der Waals surface area contributed by atoms with Crippen LogP contribution in [0.2, 0.25) is 0 Å². The van der Waals surface area contributed by atoms with E-state index in [1.807, 2.05) is 33.3 Å². The number of amides is 1. The molecule has 0 rings (SSSR count). The van der Waals surface area contributed by atoms with Crippen molar-refractivity contribution in [2.75, 3.05) is 40.9 Å². The first-order valence-electron chi connectivity index (χ1n) is 34.6. The van der Waals surface area contributed by atoms with Crippen LogP contribution >= 0.6 is 7.82 Å². The Balaban J connectivity index is 5.17. The van der Waals surface area contributed by atoms with Gasteiger partial charge in [0.1, 0.15) is 19.3 Å². The van der Waals surface area contributed by atoms with Gasteiger partial charge in [-0.15, -0.1) is 0 Å². The molecule has 3 unspecified atom stereocenters. The van der Waals surface area contributed by atoms with Gasteiger partial charge < -0.3 is 28.5 Å². The monoisotopic (exact) mass is 1210 g/mol. The third-order valence-electron chi connectivity index (χ3n) is 14.5. The molecule has 0 aromatic heterocycles. The van der Waals surface area contributed by atoms with E-state index < -0.39 is 26.6 Å². The first kappa shape index (κ1) is 81.9. The van der Waals surface area contributed by atoms with Gasteiger partial charge in [0.2, 0.25) is 5.91 Å². The predicted octanol–water partition coefficient (Wildman–Crippen LogP) is 21.5. The number of ether oxygens (including phenoxy) is 1. The number of allylic oxidation sites excluding steroid dienone is 23. The normalized spacial score (nSPS) is 14.5. The molecule has 86 heavy (non-hydrogen) atoms. The maximum absolute atomic E-state index is 13.6. The molecule has 0 aromatic carbocycles. The fraction of sp³-hybridized carbons (Fsp3) is 0.658. The standard InChI is InChI=1S/C76H129N2O7P/c1-7-10-13-16-19-22-25-28-30-32-34-36-37-38-39-40-41-43-44-46-48-50-53-56-59-62-65-68-75(79)77-73(72-84-86(81,82)83-71-70-78(4,5)6)74(67-64-61-58-55-52-27-24-21-18-15-12-9-3)85-76(80)69-66-63-60-57-54-51-49-47-45-42-35-33-31-29-26-23-20-17-14-11-8-2/h10-11,13-14,19-20,22-23,28-31,34-36,38-39,41-43,47,49,64,67,73-74H,7-9,12,15-18,21,24-27,32-33,37,40,44-46,48,50-63,65-66,68-72H2,1-6H3,(H-,77,79,81,82)/b13-10-,14-11-,22-19-,23-20-,30-28-,31-29-,36-34-,39-38-,42-35-,43-41-,49-47-,67-64-. The number of carbonyl (C=O) groups excluding carboxylic acids is 2. The first-order chi connectivity index (χ1) is 41.9. The summed E-state index contributed by atoms with van der Waals surface area (Å²) in [5.41, 5.74) is 0. The highest BCUT2D eigenvalue weighted by molar-refractivity contribution is 7.45. The molecule has 0 heterocycles. The van der Waals surface area contributed by atoms with Crippen molar-refractivity contribution in [1.29, 1.82) is 0 Å². The molecule has 1 N–H and O–H groups in total. The molecule has 490 valence electrons. The second kappa shape index (κ2) is 63.9. The third kappa shape index (κ3) is 64.4. The van der Waals surface area contributed by atoms with Crippen LogP contribution in [0.3, 0.4) is 0 Å². The van der Waals surface area contributed by atoms with Crippen molar-refractivity contribution in [1.82, 2.24) is 5.32 Å². The maximum Gasteiger partial charge on any atom is 0.306 e. The lowest BCUT2D eigenvalue weighted by Gasteiger charge is -2.30. The summed E-state index contributed by atoms with van der Waals surface area (Å²) >= 11 is 0. The van der Waals surface area contributed by atoms with Crippen LogP contribution in [0.15, 0.2) is 146 Å². The summed E-state index contributed by atoms with van der Waals surface area (Å²) in [7, 11) is 1.15. The van der Waals surface area contributed by atoms with Crippen molar-refractivity contribution >= 4 is 19.7 Å². The van der Waals surface area contributed by atoms with Gasteiger partial charge in [-0.25, -0.2) is 0 Å². The Labute approximate surface area is 529 Å². The Hall–Kier alpha value is -4.11. The van der Waals surface area contributed by atoms with E-state index in [1.54, 1.807) is 0 Å². The van der Waals surface area contributed by atoms with E-state index in [1.165, 1.54) is 77.0 Å². The zero-order valence-electron chi connectivity index (χ0n) is 56.0. The Morgan fingerprint density at radius 2 is 0.744 bits per heavy atom. The number of unbranched alkanes of at least 4 members (excludes halogenated alkanes) is 23. The van der Waals surface area contributed by atoms with Gasteiger partial charge in [0.15, 0.2) is 0 Å². The van der Waals surface area contributed by atoms with Gasteiger partial charge in [-0.05, 0) is 128 Å². The average molecular weight is 1210 g/mol. The number of rotatable bonds is 61. The Morgan fingerprint density at radius 3 is 1.12 bits per heavy atom. The lowest BCUT2D eigenvalue weighted by Crippen LogP contribution is -2.47. The zero-order chi connectivity index (χ0) is 62.8. The largest absolute Gasteiger partial charge is 0.756 e. The van der Waals surface area contributed by atoms with Crippen molar-refractivity contribution in [2.24, 2.45) is 0 Å². The van der Waals surface area contributed by atoms with Crippen LogP contribution in [-0.4, -0.2) is 69.4 Å². The van der Waals surface area contributed by atoms with Crippen molar-refractivity contribution < 1.29 is 37.3 Å². The molecular weight excluding hydrogens is 1080 g/mol. The molecule has 0 aliphatic carbocycles. The number of quaternary nitrogens is 1. The summed E-state index contributed by atoms with van der Waals surface area (Å²) in [5, 5.41) is 3.03. The number of esters is 1. The SMILES string of the molecule is CC/C=C\C/C=C\C/C=C\C/C=C\C/C=C\C/C=C\CCCCCCCCCCC(=O)NC(COP(=O)([O-])OCC[N+](C)(C)C)C(/C=C\CCCCCCCCCCCC)OC(=O)CCCCCCC/C=C\C/C=C\C/C=C\C/C=C\C/C=C\CC. The second-order valence-electron chi connectivity index (χ2n) is 23.9. The highest BCUT2D eigenvalue weighted by atomic mass is 31.2. The van der Waals surface area contributed by atoms with Gasteiger partial charge in [-0.2, -0.15) is 0 Å². The minimum absolute atomic E-state index is 0.0355. The molecule has 0 radical (unpaired) electrons. The van der Waals surface area contributed by atoms with Gasteiger partial charge >= 0.3 is 5.97 Å². The zero-order valence-corrected chi connectivity index (χ0v) is 56.9. The molecule has 0 aromatic rings. The molecule has 3 atom stereocenters. The number of carbonyl (C=O) groups is 2. The van der Waals surface area contributed by atoms with Crippen LogP contribution in [0.5, 0.6) is 0 Å². The molecule has 0 fully saturated rings. The van der Waals surface area contributed by atoms with Crippen LogP contribution in [0, 0.1) is 0 Å². The molecule has 0 saturated heterocycles. The first-order valence-corrected chi connectivity index (χ1v) is 36.1. The third-order valence-corrected chi connectivity index (χ3v) is 15.5. The summed E-state index contributed by atoms with van der Waals surface area (Å²) in [4.78, 5) is 40.2. The summed E-state index contributed by atoms with van der Waals surface area (Å²) in [6, 6.07) is -0.913. The molecule has 1 amide bonds. The lowest BCUT2D eigenvalue weighted by molar-refractivity contribution is -0.870. The van der Waals surface area contributed by atoms with Gasteiger partial charge in [0, 0.05) is 12.8 Å². The number of nitrogens with one attached hydrogen (secondary N) is 1. The number of hydrogen-bond donors (Lipinski definition) is 1. The van der Waals surface area contributed by atoms with E-state index in [4.69, 9.17) is 13.8 Å². The molecule has 0 saturated carbocycles. The van der Waals surface area contributed by atoms with E-state index in [0.717, 1.165) is 154 Å². The smallest absolute Gasteiger partial charge is 0.306 e. The molecular formula is C76H129N2O7P. The minimum atomic E-state index is -4.72. The van der Waals surface area contributed by atoms with Gasteiger partial charge in [-0.3, -0.25) is 14.2 Å². The highest BCUT2D eigenvalue weighted by Crippen LogP contribution is 2.38. The number of phosphoric acid groups is 1. The van der Waals surface area contributed by atoms with E-state index in [0.29, 0.717) is 23.9 Å². The molecule has 0 aliphatic heterocycles. The van der Waals surface area contributed by atoms with Crippen LogP contribution < -0.4 is 10.2 Å².